The molecule has 0 unspecified atom stereocenters. The van der Waals surface area contributed by atoms with Crippen LogP contribution in [0.25, 0.3) is 0 Å². The van der Waals surface area contributed by atoms with E-state index in [1.54, 1.807) is 0 Å². The highest BCUT2D eigenvalue weighted by Gasteiger charge is 2.16. The molecule has 0 spiro atoms. The molecular weight excluding hydrogens is 298 g/mol. The van der Waals surface area contributed by atoms with E-state index in [2.05, 4.69) is 20.5 Å². The maximum absolute atomic E-state index is 13.3. The maximum Gasteiger partial charge on any atom is 0.336 e. The summed E-state index contributed by atoms with van der Waals surface area (Å²) in [4.78, 5) is 15.6. The quantitative estimate of drug-likeness (QED) is 0.854. The predicted octanol–water partition coefficient (Wildman–Crippen LogP) is 2.51. The van der Waals surface area contributed by atoms with E-state index in [0.29, 0.717) is 0 Å². The van der Waals surface area contributed by atoms with Crippen molar-refractivity contribution in [2.75, 3.05) is 12.4 Å². The van der Waals surface area contributed by atoms with E-state index < -0.39 is 11.7 Å². The third-order valence-electron chi connectivity index (χ3n) is 2.13. The largest absolute Gasteiger partial charge is 0.466 e. The van der Waals surface area contributed by atoms with Crippen LogP contribution in [-0.4, -0.2) is 28.2 Å². The Kier molecular flexibility index (Phi) is 3.87. The van der Waals surface area contributed by atoms with Crippen LogP contribution >= 0.6 is 23.2 Å². The third-order valence-corrected chi connectivity index (χ3v) is 2.74. The lowest BCUT2D eigenvalue weighted by atomic mass is 10.2. The van der Waals surface area contributed by atoms with Gasteiger partial charge in [-0.05, 0) is 12.1 Å². The van der Waals surface area contributed by atoms with E-state index in [9.17, 15) is 9.18 Å². The van der Waals surface area contributed by atoms with Crippen LogP contribution in [0.1, 0.15) is 10.4 Å². The molecule has 2 rings (SSSR count). The van der Waals surface area contributed by atoms with Crippen molar-refractivity contribution < 1.29 is 13.9 Å². The number of benzene rings is 1. The minimum absolute atomic E-state index is 0.0235. The van der Waals surface area contributed by atoms with Gasteiger partial charge in [0.05, 0.1) is 22.7 Å². The first-order valence-corrected chi connectivity index (χ1v) is 5.69. The Morgan fingerprint density at radius 2 is 2.16 bits per heavy atom. The van der Waals surface area contributed by atoms with Crippen LogP contribution in [0.3, 0.4) is 0 Å². The number of rotatable bonds is 3. The Balaban J connectivity index is 2.22. The second-order valence-electron chi connectivity index (χ2n) is 3.37. The molecule has 0 aliphatic rings. The molecule has 1 amide bonds. The summed E-state index contributed by atoms with van der Waals surface area (Å²) < 4.78 is 18.0. The fourth-order valence-corrected chi connectivity index (χ4v) is 1.73. The second kappa shape index (κ2) is 5.41. The number of ether oxygens (including phenoxy) is 1. The van der Waals surface area contributed by atoms with Gasteiger partial charge in [0.2, 0.25) is 5.95 Å². The SMILES string of the molecule is COc1n[nH]c(NC(=O)c2cc(F)c(Cl)cc2Cl)n1. The van der Waals surface area contributed by atoms with Gasteiger partial charge >= 0.3 is 6.01 Å². The Morgan fingerprint density at radius 1 is 1.42 bits per heavy atom. The van der Waals surface area contributed by atoms with E-state index in [4.69, 9.17) is 27.9 Å². The molecule has 0 aliphatic carbocycles. The number of H-pyrrole nitrogens is 1. The highest BCUT2D eigenvalue weighted by molar-refractivity contribution is 6.37. The zero-order chi connectivity index (χ0) is 14.0. The van der Waals surface area contributed by atoms with Crippen molar-refractivity contribution in [1.29, 1.82) is 0 Å². The highest BCUT2D eigenvalue weighted by atomic mass is 35.5. The number of nitrogens with one attached hydrogen (secondary N) is 2. The van der Waals surface area contributed by atoms with Gasteiger partial charge < -0.3 is 4.74 Å². The van der Waals surface area contributed by atoms with E-state index >= 15 is 0 Å². The van der Waals surface area contributed by atoms with Crippen LogP contribution in [0.4, 0.5) is 10.3 Å². The molecule has 19 heavy (non-hydrogen) atoms. The molecule has 0 saturated carbocycles. The van der Waals surface area contributed by atoms with Gasteiger partial charge in [-0.2, -0.15) is 4.98 Å². The standard InChI is InChI=1S/C10H7Cl2FN4O2/c1-19-10-15-9(16-17-10)14-8(18)4-2-7(13)6(12)3-5(4)11/h2-3H,1H3,(H2,14,15,16,17,18). The number of nitrogens with zero attached hydrogens (tertiary/aromatic N) is 2. The summed E-state index contributed by atoms with van der Waals surface area (Å²) in [5.41, 5.74) is -0.0704. The molecule has 9 heteroatoms. The van der Waals surface area contributed by atoms with Crippen LogP contribution in [0.15, 0.2) is 12.1 Å². The Hall–Kier alpha value is -1.86. The summed E-state index contributed by atoms with van der Waals surface area (Å²) in [5, 5.41) is 8.27. The number of halogens is 3. The van der Waals surface area contributed by atoms with E-state index in [0.717, 1.165) is 12.1 Å². The van der Waals surface area contributed by atoms with Gasteiger partial charge in [0.1, 0.15) is 5.82 Å². The van der Waals surface area contributed by atoms with Crippen molar-refractivity contribution in [3.8, 4) is 6.01 Å². The van der Waals surface area contributed by atoms with Crippen molar-refractivity contribution in [3.05, 3.63) is 33.6 Å². The number of anilines is 1. The van der Waals surface area contributed by atoms with E-state index in [1.165, 1.54) is 7.11 Å². The third kappa shape index (κ3) is 2.94. The van der Waals surface area contributed by atoms with Crippen molar-refractivity contribution in [3.63, 3.8) is 0 Å². The lowest BCUT2D eigenvalue weighted by Gasteiger charge is -2.05. The monoisotopic (exact) mass is 304 g/mol. The lowest BCUT2D eigenvalue weighted by molar-refractivity contribution is 0.102. The summed E-state index contributed by atoms with van der Waals surface area (Å²) in [6.07, 6.45) is 0. The molecule has 6 nitrogen and oxygen atoms in total. The fourth-order valence-electron chi connectivity index (χ4n) is 1.27. The van der Waals surface area contributed by atoms with Crippen LogP contribution in [0.2, 0.25) is 10.0 Å². The molecular formula is C10H7Cl2FN4O2. The number of aromatic amines is 1. The van der Waals surface area contributed by atoms with Gasteiger partial charge in [0.25, 0.3) is 5.91 Å². The molecule has 2 aromatic rings. The first kappa shape index (κ1) is 13.6. The molecule has 100 valence electrons. The number of aromatic nitrogens is 3. The van der Waals surface area contributed by atoms with Crippen molar-refractivity contribution in [2.24, 2.45) is 0 Å². The summed E-state index contributed by atoms with van der Waals surface area (Å²) in [5.74, 6) is -1.35. The molecule has 0 atom stereocenters. The van der Waals surface area contributed by atoms with Crippen LogP contribution in [-0.2, 0) is 0 Å². The van der Waals surface area contributed by atoms with Gasteiger partial charge in [-0.1, -0.05) is 23.2 Å². The molecule has 0 aliphatic heterocycles. The van der Waals surface area contributed by atoms with Crippen molar-refractivity contribution in [1.82, 2.24) is 15.2 Å². The van der Waals surface area contributed by atoms with Crippen LogP contribution < -0.4 is 10.1 Å². The molecule has 1 heterocycles. The number of carbonyl (C=O) groups excluding carboxylic acids is 1. The smallest absolute Gasteiger partial charge is 0.336 e. The minimum Gasteiger partial charge on any atom is -0.466 e. The fraction of sp³-hybridized carbons (Fsp3) is 0.100. The zero-order valence-electron chi connectivity index (χ0n) is 9.50. The highest BCUT2D eigenvalue weighted by Crippen LogP contribution is 2.24. The van der Waals surface area contributed by atoms with E-state index in [-0.39, 0.29) is 27.6 Å². The molecule has 1 aromatic carbocycles. The van der Waals surface area contributed by atoms with Gasteiger partial charge in [-0.3, -0.25) is 10.1 Å². The number of carbonyl (C=O) groups is 1. The molecule has 0 bridgehead atoms. The Bertz CT molecular complexity index is 632. The topological polar surface area (TPSA) is 79.9 Å². The van der Waals surface area contributed by atoms with Crippen LogP contribution in [0.5, 0.6) is 6.01 Å². The average Bonchev–Trinajstić information content (AvgIpc) is 2.81. The van der Waals surface area contributed by atoms with Gasteiger partial charge in [0, 0.05) is 0 Å². The summed E-state index contributed by atoms with van der Waals surface area (Å²) >= 11 is 11.3. The number of hydrogen-bond donors (Lipinski definition) is 2. The maximum atomic E-state index is 13.3. The summed E-state index contributed by atoms with van der Waals surface area (Å²) in [7, 11) is 1.38. The van der Waals surface area contributed by atoms with Crippen molar-refractivity contribution in [2.45, 2.75) is 0 Å². The molecule has 0 fully saturated rings. The van der Waals surface area contributed by atoms with Crippen LogP contribution in [0, 0.1) is 5.82 Å². The number of methoxy groups -OCH3 is 1. The second-order valence-corrected chi connectivity index (χ2v) is 4.19. The molecule has 1 aromatic heterocycles. The lowest BCUT2D eigenvalue weighted by Crippen LogP contribution is -2.14. The average molecular weight is 305 g/mol. The first-order chi connectivity index (χ1) is 9.01. The van der Waals surface area contributed by atoms with Crippen molar-refractivity contribution >= 4 is 35.1 Å². The molecule has 2 N–H and O–H groups in total. The van der Waals surface area contributed by atoms with Gasteiger partial charge in [0.15, 0.2) is 0 Å². The van der Waals surface area contributed by atoms with E-state index in [1.807, 2.05) is 0 Å². The Labute approximate surface area is 116 Å². The molecule has 0 radical (unpaired) electrons. The predicted molar refractivity (Wildman–Crippen MR) is 67.3 cm³/mol. The minimum atomic E-state index is -0.744. The number of amides is 1. The normalized spacial score (nSPS) is 10.3. The summed E-state index contributed by atoms with van der Waals surface area (Å²) in [6, 6.07) is 2.14. The van der Waals surface area contributed by atoms with Gasteiger partial charge in [-0.25, -0.2) is 9.49 Å². The van der Waals surface area contributed by atoms with Gasteiger partial charge in [-0.15, -0.1) is 5.10 Å². The zero-order valence-corrected chi connectivity index (χ0v) is 11.0. The molecule has 0 saturated heterocycles. The first-order valence-electron chi connectivity index (χ1n) is 4.93. The summed E-state index contributed by atoms with van der Waals surface area (Å²) in [6.45, 7) is 0. The Morgan fingerprint density at radius 3 is 2.79 bits per heavy atom. The number of hydrogen-bond acceptors (Lipinski definition) is 4.